The molecule has 4 nitrogen and oxygen atoms in total. The van der Waals surface area contributed by atoms with E-state index in [1.165, 1.54) is 0 Å². The van der Waals surface area contributed by atoms with Gasteiger partial charge in [-0.2, -0.15) is 0 Å². The fourth-order valence-electron chi connectivity index (χ4n) is 1.20. The molecule has 2 rings (SSSR count). The average Bonchev–Trinajstić information content (AvgIpc) is 2.23. The summed E-state index contributed by atoms with van der Waals surface area (Å²) in [6.45, 7) is 0. The van der Waals surface area contributed by atoms with E-state index >= 15 is 0 Å². The first-order chi connectivity index (χ1) is 7.18. The van der Waals surface area contributed by atoms with Gasteiger partial charge in [0, 0.05) is 5.56 Å². The normalized spacial score (nSPS) is 10.2. The van der Waals surface area contributed by atoms with Crippen LogP contribution in [0.3, 0.4) is 0 Å². The molecule has 0 saturated carbocycles. The summed E-state index contributed by atoms with van der Waals surface area (Å²) >= 11 is 5.81. The maximum Gasteiger partial charge on any atom is 0.164 e. The Balaban J connectivity index is 2.55. The van der Waals surface area contributed by atoms with Crippen LogP contribution in [0.5, 0.6) is 5.75 Å². The fourth-order valence-corrected chi connectivity index (χ4v) is 1.34. The maximum absolute atomic E-state index is 9.58. The van der Waals surface area contributed by atoms with E-state index in [9.17, 15) is 5.11 Å². The molecule has 0 spiro atoms. The predicted molar refractivity (Wildman–Crippen MR) is 58.6 cm³/mol. The highest BCUT2D eigenvalue weighted by Crippen LogP contribution is 2.29. The Hall–Kier alpha value is -1.81. The zero-order chi connectivity index (χ0) is 10.8. The van der Waals surface area contributed by atoms with Crippen LogP contribution < -0.4 is 5.73 Å². The fraction of sp³-hybridized carbons (Fsp3) is 0. The number of nitrogens with two attached hydrogens (primary N) is 1. The minimum absolute atomic E-state index is 0.132. The van der Waals surface area contributed by atoms with Crippen LogP contribution in [0, 0.1) is 0 Å². The first-order valence-corrected chi connectivity index (χ1v) is 4.63. The molecule has 0 amide bonds. The lowest BCUT2D eigenvalue weighted by molar-refractivity contribution is 0.477. The molecule has 0 saturated heterocycles. The standard InChI is InChI=1S/C10H8ClN3O/c11-7-5-8(13-14-10(7)12)6-3-1-2-4-9(6)15/h1-5,15H,(H2,12,14). The van der Waals surface area contributed by atoms with Gasteiger partial charge < -0.3 is 10.8 Å². The monoisotopic (exact) mass is 221 g/mol. The number of phenolic OH excluding ortho intramolecular Hbond substituents is 1. The number of para-hydroxylation sites is 1. The van der Waals surface area contributed by atoms with Gasteiger partial charge in [-0.1, -0.05) is 23.7 Å². The topological polar surface area (TPSA) is 72.0 Å². The van der Waals surface area contributed by atoms with Gasteiger partial charge in [-0.3, -0.25) is 0 Å². The second-order valence-electron chi connectivity index (χ2n) is 2.98. The summed E-state index contributed by atoms with van der Waals surface area (Å²) in [5, 5.41) is 17.4. The summed E-state index contributed by atoms with van der Waals surface area (Å²) in [5.41, 5.74) is 6.51. The lowest BCUT2D eigenvalue weighted by Gasteiger charge is -2.03. The van der Waals surface area contributed by atoms with Crippen LogP contribution in [0.2, 0.25) is 5.02 Å². The van der Waals surface area contributed by atoms with Gasteiger partial charge in [0.2, 0.25) is 0 Å². The lowest BCUT2D eigenvalue weighted by atomic mass is 10.1. The van der Waals surface area contributed by atoms with E-state index in [1.54, 1.807) is 30.3 Å². The highest BCUT2D eigenvalue weighted by Gasteiger charge is 2.07. The average molecular weight is 222 g/mol. The Kier molecular flexibility index (Phi) is 2.43. The molecule has 2 aromatic rings. The Bertz CT molecular complexity index is 502. The molecule has 0 aliphatic heterocycles. The first kappa shape index (κ1) is 9.73. The molecular weight excluding hydrogens is 214 g/mol. The zero-order valence-electron chi connectivity index (χ0n) is 7.68. The minimum atomic E-state index is 0.132. The Morgan fingerprint density at radius 2 is 1.93 bits per heavy atom. The number of halogens is 1. The highest BCUT2D eigenvalue weighted by molar-refractivity contribution is 6.32. The molecule has 1 heterocycles. The van der Waals surface area contributed by atoms with Crippen molar-refractivity contribution in [3.63, 3.8) is 0 Å². The van der Waals surface area contributed by atoms with E-state index in [-0.39, 0.29) is 11.6 Å². The van der Waals surface area contributed by atoms with Crippen LogP contribution in [0.15, 0.2) is 30.3 Å². The molecule has 1 aromatic heterocycles. The Labute approximate surface area is 91.3 Å². The second-order valence-corrected chi connectivity index (χ2v) is 3.39. The van der Waals surface area contributed by atoms with Crippen molar-refractivity contribution in [1.29, 1.82) is 0 Å². The van der Waals surface area contributed by atoms with Crippen LogP contribution in [0.4, 0.5) is 5.82 Å². The Morgan fingerprint density at radius 3 is 2.60 bits per heavy atom. The van der Waals surface area contributed by atoms with Crippen LogP contribution in [0.25, 0.3) is 11.3 Å². The van der Waals surface area contributed by atoms with Crippen molar-refractivity contribution in [3.8, 4) is 17.0 Å². The second kappa shape index (κ2) is 3.74. The molecule has 0 fully saturated rings. The molecule has 15 heavy (non-hydrogen) atoms. The van der Waals surface area contributed by atoms with Gasteiger partial charge in [-0.05, 0) is 18.2 Å². The van der Waals surface area contributed by atoms with Gasteiger partial charge in [-0.25, -0.2) is 0 Å². The summed E-state index contributed by atoms with van der Waals surface area (Å²) in [5.74, 6) is 0.309. The lowest BCUT2D eigenvalue weighted by Crippen LogP contribution is -1.95. The van der Waals surface area contributed by atoms with Crippen molar-refractivity contribution in [1.82, 2.24) is 10.2 Å². The van der Waals surface area contributed by atoms with Crippen molar-refractivity contribution in [2.24, 2.45) is 0 Å². The third-order valence-electron chi connectivity index (χ3n) is 1.95. The summed E-state index contributed by atoms with van der Waals surface area (Å²) in [6.07, 6.45) is 0. The molecule has 0 aliphatic carbocycles. The molecule has 0 atom stereocenters. The summed E-state index contributed by atoms with van der Waals surface area (Å²) in [7, 11) is 0. The molecule has 3 N–H and O–H groups in total. The van der Waals surface area contributed by atoms with E-state index in [0.717, 1.165) is 0 Å². The van der Waals surface area contributed by atoms with Crippen molar-refractivity contribution < 1.29 is 5.11 Å². The molecule has 1 aromatic carbocycles. The van der Waals surface area contributed by atoms with Crippen molar-refractivity contribution in [2.75, 3.05) is 5.73 Å². The highest BCUT2D eigenvalue weighted by atomic mass is 35.5. The summed E-state index contributed by atoms with van der Waals surface area (Å²) in [6, 6.07) is 8.39. The smallest absolute Gasteiger partial charge is 0.164 e. The van der Waals surface area contributed by atoms with Gasteiger partial charge in [-0.15, -0.1) is 10.2 Å². The number of hydrogen-bond donors (Lipinski definition) is 2. The van der Waals surface area contributed by atoms with Crippen molar-refractivity contribution in [3.05, 3.63) is 35.4 Å². The van der Waals surface area contributed by atoms with Gasteiger partial charge in [0.05, 0.1) is 10.7 Å². The molecule has 5 heteroatoms. The number of nitrogen functional groups attached to an aromatic ring is 1. The minimum Gasteiger partial charge on any atom is -0.507 e. The molecule has 0 bridgehead atoms. The number of rotatable bonds is 1. The third-order valence-corrected chi connectivity index (χ3v) is 2.26. The molecule has 0 radical (unpaired) electrons. The quantitative estimate of drug-likeness (QED) is 0.774. The number of aromatic nitrogens is 2. The third kappa shape index (κ3) is 1.85. The number of aromatic hydroxyl groups is 1. The van der Waals surface area contributed by atoms with Crippen LogP contribution in [-0.2, 0) is 0 Å². The summed E-state index contributed by atoms with van der Waals surface area (Å²) < 4.78 is 0. The molecular formula is C10H8ClN3O. The number of benzene rings is 1. The predicted octanol–water partition coefficient (Wildman–Crippen LogP) is 2.08. The van der Waals surface area contributed by atoms with Crippen molar-refractivity contribution >= 4 is 17.4 Å². The van der Waals surface area contributed by atoms with E-state index in [0.29, 0.717) is 16.3 Å². The first-order valence-electron chi connectivity index (χ1n) is 4.25. The summed E-state index contributed by atoms with van der Waals surface area (Å²) in [4.78, 5) is 0. The molecule has 76 valence electrons. The Morgan fingerprint density at radius 1 is 1.20 bits per heavy atom. The van der Waals surface area contributed by atoms with Gasteiger partial charge in [0.25, 0.3) is 0 Å². The van der Waals surface area contributed by atoms with E-state index in [1.807, 2.05) is 0 Å². The number of nitrogens with zero attached hydrogens (tertiary/aromatic N) is 2. The SMILES string of the molecule is Nc1nnc(-c2ccccc2O)cc1Cl. The van der Waals surface area contributed by atoms with Gasteiger partial charge >= 0.3 is 0 Å². The van der Waals surface area contributed by atoms with Gasteiger partial charge in [0.1, 0.15) is 5.75 Å². The van der Waals surface area contributed by atoms with Crippen molar-refractivity contribution in [2.45, 2.75) is 0 Å². The largest absolute Gasteiger partial charge is 0.507 e. The number of hydrogen-bond acceptors (Lipinski definition) is 4. The maximum atomic E-state index is 9.58. The van der Waals surface area contributed by atoms with Crippen LogP contribution >= 0.6 is 11.6 Å². The van der Waals surface area contributed by atoms with Crippen LogP contribution in [0.1, 0.15) is 0 Å². The zero-order valence-corrected chi connectivity index (χ0v) is 8.44. The molecule has 0 unspecified atom stereocenters. The number of anilines is 1. The van der Waals surface area contributed by atoms with E-state index in [2.05, 4.69) is 10.2 Å². The number of phenols is 1. The molecule has 0 aliphatic rings. The van der Waals surface area contributed by atoms with Crippen LogP contribution in [-0.4, -0.2) is 15.3 Å². The van der Waals surface area contributed by atoms with E-state index in [4.69, 9.17) is 17.3 Å². The van der Waals surface area contributed by atoms with Gasteiger partial charge in [0.15, 0.2) is 5.82 Å². The van der Waals surface area contributed by atoms with E-state index < -0.39 is 0 Å².